The SMILES string of the molecule is CCCCC(CC)CN(CC(CC)CCCC)CC1(C)C=CC=CC1c1cn[nH]n1.O=C(O)CC(Cn1nnc2ccccc21)C(=O)O. The molecule has 0 amide bonds. The highest BCUT2D eigenvalue weighted by molar-refractivity contribution is 5.78. The maximum absolute atomic E-state index is 11.0. The Hall–Kier alpha value is -3.86. The van der Waals surface area contributed by atoms with Crippen molar-refractivity contribution in [2.45, 2.75) is 105 Å². The number of hydrogen-bond donors (Lipinski definition) is 3. The number of allylic oxidation sites excluding steroid dienone is 3. The van der Waals surface area contributed by atoms with E-state index in [0.29, 0.717) is 11.0 Å². The van der Waals surface area contributed by atoms with E-state index in [2.05, 4.69) is 89.5 Å². The van der Waals surface area contributed by atoms with Crippen LogP contribution in [0.3, 0.4) is 0 Å². The molecular formula is C37H57N7O4. The first-order valence-corrected chi connectivity index (χ1v) is 17.8. The number of benzene rings is 1. The molecule has 11 nitrogen and oxygen atoms in total. The smallest absolute Gasteiger partial charge is 0.308 e. The minimum absolute atomic E-state index is 0.0118. The molecule has 5 unspecified atom stereocenters. The van der Waals surface area contributed by atoms with Crippen molar-refractivity contribution < 1.29 is 19.8 Å². The molecule has 48 heavy (non-hydrogen) atoms. The van der Waals surface area contributed by atoms with Crippen LogP contribution in [0.25, 0.3) is 11.0 Å². The Labute approximate surface area is 285 Å². The number of hydrogen-bond acceptors (Lipinski definition) is 7. The van der Waals surface area contributed by atoms with Crippen molar-refractivity contribution in [2.24, 2.45) is 23.2 Å². The number of carbonyl (C=O) groups is 2. The van der Waals surface area contributed by atoms with E-state index in [-0.39, 0.29) is 17.9 Å². The molecule has 2 aromatic heterocycles. The molecule has 0 saturated carbocycles. The molecule has 1 aliphatic rings. The van der Waals surface area contributed by atoms with E-state index in [1.54, 1.807) is 24.3 Å². The van der Waals surface area contributed by atoms with Crippen LogP contribution in [-0.2, 0) is 16.1 Å². The molecule has 0 radical (unpaired) electrons. The normalized spacial score (nSPS) is 19.2. The average Bonchev–Trinajstić information content (AvgIpc) is 3.75. The minimum atomic E-state index is -1.16. The topological polar surface area (TPSA) is 150 Å². The molecule has 3 aromatic rings. The number of aliphatic carboxylic acids is 2. The monoisotopic (exact) mass is 663 g/mol. The number of aromatic amines is 1. The van der Waals surface area contributed by atoms with E-state index >= 15 is 0 Å². The number of unbranched alkanes of at least 4 members (excludes halogenated alkanes) is 2. The minimum Gasteiger partial charge on any atom is -0.481 e. The van der Waals surface area contributed by atoms with Crippen LogP contribution in [0.2, 0.25) is 0 Å². The van der Waals surface area contributed by atoms with Crippen LogP contribution >= 0.6 is 0 Å². The van der Waals surface area contributed by atoms with E-state index in [9.17, 15) is 9.59 Å². The molecule has 0 bridgehead atoms. The molecule has 2 heterocycles. The second kappa shape index (κ2) is 19.8. The maximum Gasteiger partial charge on any atom is 0.308 e. The van der Waals surface area contributed by atoms with Crippen LogP contribution in [0.1, 0.15) is 104 Å². The molecule has 1 aromatic carbocycles. The lowest BCUT2D eigenvalue weighted by molar-refractivity contribution is -0.148. The van der Waals surface area contributed by atoms with Crippen LogP contribution in [0, 0.1) is 23.2 Å². The molecule has 5 atom stereocenters. The summed E-state index contributed by atoms with van der Waals surface area (Å²) in [5, 5.41) is 36.7. The van der Waals surface area contributed by atoms with E-state index in [4.69, 9.17) is 10.2 Å². The van der Waals surface area contributed by atoms with Gasteiger partial charge < -0.3 is 15.1 Å². The fraction of sp³-hybridized carbons (Fsp3) is 0.622. The number of nitrogens with one attached hydrogen (secondary N) is 1. The molecule has 3 N–H and O–H groups in total. The van der Waals surface area contributed by atoms with Crippen LogP contribution < -0.4 is 0 Å². The largest absolute Gasteiger partial charge is 0.481 e. The summed E-state index contributed by atoms with van der Waals surface area (Å²) in [6.45, 7) is 15.3. The number of nitrogens with zero attached hydrogens (tertiary/aromatic N) is 6. The number of para-hydroxylation sites is 1. The second-order valence-electron chi connectivity index (χ2n) is 13.5. The molecule has 264 valence electrons. The lowest BCUT2D eigenvalue weighted by Gasteiger charge is -2.41. The molecule has 0 aliphatic heterocycles. The first kappa shape index (κ1) is 38.6. The zero-order chi connectivity index (χ0) is 34.9. The Bertz CT molecular complexity index is 1420. The predicted molar refractivity (Wildman–Crippen MR) is 189 cm³/mol. The standard InChI is InChI=1S/C26H46N4.C11H11N3O4/c1-6-10-14-22(8-3)19-30(20-23(9-4)15-11-7-2)21-26(5)17-13-12-16-24(26)25-18-27-29-28-25;15-10(16)5-7(11(17)18)6-14-9-4-2-1-3-8(9)12-13-14/h12-13,16-18,22-24H,6-11,14-15,19-21H2,1-5H3,(H,27,28,29);1-4,7H,5-6H2,(H,15,16)(H,17,18). The fourth-order valence-corrected chi connectivity index (χ4v) is 6.67. The van der Waals surface area contributed by atoms with Gasteiger partial charge in [-0.3, -0.25) is 9.59 Å². The summed E-state index contributed by atoms with van der Waals surface area (Å²) in [5.41, 5.74) is 2.43. The first-order valence-electron chi connectivity index (χ1n) is 17.8. The van der Waals surface area contributed by atoms with Gasteiger partial charge in [0.15, 0.2) is 0 Å². The lowest BCUT2D eigenvalue weighted by atomic mass is 9.72. The van der Waals surface area contributed by atoms with Crippen molar-refractivity contribution in [1.29, 1.82) is 0 Å². The van der Waals surface area contributed by atoms with Gasteiger partial charge in [0.1, 0.15) is 5.52 Å². The second-order valence-corrected chi connectivity index (χ2v) is 13.5. The van der Waals surface area contributed by atoms with Gasteiger partial charge in [0.05, 0.1) is 36.3 Å². The van der Waals surface area contributed by atoms with Gasteiger partial charge in [0.25, 0.3) is 0 Å². The van der Waals surface area contributed by atoms with Crippen LogP contribution in [-0.4, -0.2) is 77.1 Å². The van der Waals surface area contributed by atoms with Crippen molar-refractivity contribution in [3.05, 3.63) is 60.5 Å². The van der Waals surface area contributed by atoms with E-state index in [0.717, 1.165) is 24.1 Å². The summed E-state index contributed by atoms with van der Waals surface area (Å²) in [6.07, 6.45) is 21.1. The van der Waals surface area contributed by atoms with Crippen LogP contribution in [0.4, 0.5) is 0 Å². The van der Waals surface area contributed by atoms with Crippen molar-refractivity contribution in [3.8, 4) is 0 Å². The highest BCUT2D eigenvalue weighted by Gasteiger charge is 2.36. The van der Waals surface area contributed by atoms with Gasteiger partial charge in [-0.15, -0.1) is 5.10 Å². The van der Waals surface area contributed by atoms with Crippen molar-refractivity contribution in [1.82, 2.24) is 35.3 Å². The first-order chi connectivity index (χ1) is 23.1. The summed E-state index contributed by atoms with van der Waals surface area (Å²) in [5.74, 6) is -1.46. The van der Waals surface area contributed by atoms with E-state index in [1.807, 2.05) is 6.20 Å². The number of aromatic nitrogens is 6. The van der Waals surface area contributed by atoms with Gasteiger partial charge in [-0.05, 0) is 36.8 Å². The van der Waals surface area contributed by atoms with Gasteiger partial charge >= 0.3 is 11.9 Å². The quantitative estimate of drug-likeness (QED) is 0.113. The fourth-order valence-electron chi connectivity index (χ4n) is 6.67. The maximum atomic E-state index is 11.0. The zero-order valence-electron chi connectivity index (χ0n) is 29.6. The third-order valence-electron chi connectivity index (χ3n) is 9.62. The van der Waals surface area contributed by atoms with E-state index in [1.165, 1.54) is 69.1 Å². The number of carboxylic acids is 2. The van der Waals surface area contributed by atoms with E-state index < -0.39 is 24.3 Å². The lowest BCUT2D eigenvalue weighted by Crippen LogP contribution is -2.43. The Morgan fingerprint density at radius 3 is 2.23 bits per heavy atom. The zero-order valence-corrected chi connectivity index (χ0v) is 29.6. The summed E-state index contributed by atoms with van der Waals surface area (Å²) >= 11 is 0. The molecule has 0 saturated heterocycles. The van der Waals surface area contributed by atoms with Gasteiger partial charge in [0.2, 0.25) is 0 Å². The Balaban J connectivity index is 0.000000294. The molecule has 0 fully saturated rings. The average molecular weight is 664 g/mol. The summed E-state index contributed by atoms with van der Waals surface area (Å²) in [6, 6.07) is 7.10. The molecular weight excluding hydrogens is 606 g/mol. The highest BCUT2D eigenvalue weighted by Crippen LogP contribution is 2.41. The Morgan fingerprint density at radius 1 is 1.00 bits per heavy atom. The summed E-state index contributed by atoms with van der Waals surface area (Å²) in [4.78, 5) is 24.4. The van der Waals surface area contributed by atoms with Gasteiger partial charge in [-0.25, -0.2) is 4.68 Å². The number of rotatable bonds is 20. The Kier molecular flexibility index (Phi) is 15.9. The number of fused-ring (bicyclic) bond motifs is 1. The van der Waals surface area contributed by atoms with Crippen molar-refractivity contribution in [3.63, 3.8) is 0 Å². The number of carboxylic acid groups (broad SMARTS) is 2. The third kappa shape index (κ3) is 11.7. The predicted octanol–water partition coefficient (Wildman–Crippen LogP) is 7.36. The van der Waals surface area contributed by atoms with Crippen LogP contribution in [0.5, 0.6) is 0 Å². The molecule has 1 aliphatic carbocycles. The van der Waals surface area contributed by atoms with Crippen LogP contribution in [0.15, 0.2) is 54.8 Å². The Morgan fingerprint density at radius 2 is 1.67 bits per heavy atom. The highest BCUT2D eigenvalue weighted by atomic mass is 16.4. The molecule has 0 spiro atoms. The summed E-state index contributed by atoms with van der Waals surface area (Å²) in [7, 11) is 0. The van der Waals surface area contributed by atoms with Gasteiger partial charge in [-0.1, -0.05) is 115 Å². The summed E-state index contributed by atoms with van der Waals surface area (Å²) < 4.78 is 1.41. The van der Waals surface area contributed by atoms with Gasteiger partial charge in [0, 0.05) is 31.0 Å². The van der Waals surface area contributed by atoms with Crippen molar-refractivity contribution >= 4 is 23.0 Å². The third-order valence-corrected chi connectivity index (χ3v) is 9.62. The molecule has 4 rings (SSSR count). The molecule has 11 heteroatoms. The van der Waals surface area contributed by atoms with Gasteiger partial charge in [-0.2, -0.15) is 15.4 Å². The van der Waals surface area contributed by atoms with Crippen molar-refractivity contribution in [2.75, 3.05) is 19.6 Å². The number of H-pyrrole nitrogens is 1.